The first kappa shape index (κ1) is 18.5. The summed E-state index contributed by atoms with van der Waals surface area (Å²) in [6.45, 7) is 4.07. The summed E-state index contributed by atoms with van der Waals surface area (Å²) in [5.74, 6) is -0.0110. The molecule has 0 atom stereocenters. The van der Waals surface area contributed by atoms with Gasteiger partial charge in [-0.25, -0.2) is 0 Å². The number of halogens is 1. The van der Waals surface area contributed by atoms with Gasteiger partial charge in [-0.3, -0.25) is 9.59 Å². The fourth-order valence-corrected chi connectivity index (χ4v) is 2.08. The maximum absolute atomic E-state index is 12.3. The highest BCUT2D eigenvalue weighted by molar-refractivity contribution is 6.05. The first-order chi connectivity index (χ1) is 9.79. The predicted octanol–water partition coefficient (Wildman–Crippen LogP) is 1.95. The van der Waals surface area contributed by atoms with Crippen LogP contribution in [0, 0.1) is 5.92 Å². The van der Waals surface area contributed by atoms with Crippen LogP contribution in [0.15, 0.2) is 24.3 Å². The molecule has 2 amide bonds. The molecule has 0 heterocycles. The van der Waals surface area contributed by atoms with Gasteiger partial charge in [0.1, 0.15) is 0 Å². The van der Waals surface area contributed by atoms with Crippen LogP contribution in [0.5, 0.6) is 0 Å². The van der Waals surface area contributed by atoms with Gasteiger partial charge < -0.3 is 16.0 Å². The average molecular weight is 326 g/mol. The van der Waals surface area contributed by atoms with Crippen LogP contribution in [0.3, 0.4) is 0 Å². The van der Waals surface area contributed by atoms with Crippen molar-refractivity contribution in [3.8, 4) is 0 Å². The molecule has 6 heteroatoms. The van der Waals surface area contributed by atoms with Gasteiger partial charge in [0.2, 0.25) is 5.91 Å². The molecule has 1 fully saturated rings. The maximum Gasteiger partial charge on any atom is 0.253 e. The number of hydrogen-bond acceptors (Lipinski definition) is 3. The average Bonchev–Trinajstić information content (AvgIpc) is 3.27. The summed E-state index contributed by atoms with van der Waals surface area (Å²) in [5.41, 5.74) is 6.54. The van der Waals surface area contributed by atoms with E-state index in [2.05, 4.69) is 5.32 Å². The molecule has 1 aliphatic carbocycles. The Bertz CT molecular complexity index is 551. The number of nitrogens with one attached hydrogen (secondary N) is 1. The molecule has 2 rings (SSSR count). The molecular weight excluding hydrogens is 302 g/mol. The zero-order valence-corrected chi connectivity index (χ0v) is 14.1. The van der Waals surface area contributed by atoms with E-state index in [0.717, 1.165) is 12.8 Å². The summed E-state index contributed by atoms with van der Waals surface area (Å²) in [6.07, 6.45) is 1.89. The second-order valence-electron chi connectivity index (χ2n) is 6.36. The van der Waals surface area contributed by atoms with Gasteiger partial charge in [0.25, 0.3) is 5.91 Å². The second-order valence-corrected chi connectivity index (χ2v) is 6.36. The van der Waals surface area contributed by atoms with Gasteiger partial charge in [-0.15, -0.1) is 12.4 Å². The lowest BCUT2D eigenvalue weighted by Gasteiger charge is -2.22. The summed E-state index contributed by atoms with van der Waals surface area (Å²) in [4.78, 5) is 26.1. The van der Waals surface area contributed by atoms with Crippen LogP contribution in [-0.4, -0.2) is 30.9 Å². The molecule has 0 saturated heterocycles. The van der Waals surface area contributed by atoms with Gasteiger partial charge in [-0.05, 0) is 38.8 Å². The Balaban J connectivity index is 0.00000242. The first-order valence-electron chi connectivity index (χ1n) is 7.23. The number of benzene rings is 1. The number of carbonyl (C=O) groups excluding carboxylic acids is 2. The number of para-hydroxylation sites is 1. The molecule has 0 unspecified atom stereocenters. The highest BCUT2D eigenvalue weighted by Gasteiger charge is 2.33. The Labute approximate surface area is 137 Å². The third-order valence-corrected chi connectivity index (χ3v) is 3.47. The first-order valence-corrected chi connectivity index (χ1v) is 7.23. The standard InChI is InChI=1S/C16H23N3O2.ClH/c1-16(2,17)10-18-14(20)12-6-4-5-7-13(12)19(3)15(21)11-8-9-11;/h4-7,11H,8-10,17H2,1-3H3,(H,18,20);1H. The summed E-state index contributed by atoms with van der Waals surface area (Å²) < 4.78 is 0. The number of rotatable bonds is 5. The quantitative estimate of drug-likeness (QED) is 0.868. The van der Waals surface area contributed by atoms with Crippen LogP contribution >= 0.6 is 12.4 Å². The number of hydrogen-bond donors (Lipinski definition) is 2. The Hall–Kier alpha value is -1.59. The minimum absolute atomic E-state index is 0. The molecule has 1 aliphatic rings. The largest absolute Gasteiger partial charge is 0.350 e. The van der Waals surface area contributed by atoms with E-state index in [4.69, 9.17) is 5.73 Å². The van der Waals surface area contributed by atoms with E-state index in [0.29, 0.717) is 17.8 Å². The molecule has 0 bridgehead atoms. The second kappa shape index (κ2) is 7.11. The van der Waals surface area contributed by atoms with Gasteiger partial charge in [0, 0.05) is 25.0 Å². The van der Waals surface area contributed by atoms with Crippen LogP contribution in [0.25, 0.3) is 0 Å². The van der Waals surface area contributed by atoms with Crippen LogP contribution in [-0.2, 0) is 4.79 Å². The Morgan fingerprint density at radius 2 is 1.91 bits per heavy atom. The maximum atomic E-state index is 12.3. The molecule has 0 spiro atoms. The summed E-state index contributed by atoms with van der Waals surface area (Å²) >= 11 is 0. The van der Waals surface area contributed by atoms with E-state index in [-0.39, 0.29) is 30.1 Å². The van der Waals surface area contributed by atoms with Crippen molar-refractivity contribution < 1.29 is 9.59 Å². The van der Waals surface area contributed by atoms with Crippen molar-refractivity contribution in [3.63, 3.8) is 0 Å². The molecular formula is C16H24ClN3O2. The van der Waals surface area contributed by atoms with Crippen LogP contribution in [0.1, 0.15) is 37.0 Å². The van der Waals surface area contributed by atoms with Crippen LogP contribution in [0.2, 0.25) is 0 Å². The van der Waals surface area contributed by atoms with Gasteiger partial charge in [-0.2, -0.15) is 0 Å². The van der Waals surface area contributed by atoms with Crippen LogP contribution in [0.4, 0.5) is 5.69 Å². The third-order valence-electron chi connectivity index (χ3n) is 3.47. The van der Waals surface area contributed by atoms with Crippen molar-refractivity contribution in [2.75, 3.05) is 18.5 Å². The molecule has 1 aromatic carbocycles. The summed E-state index contributed by atoms with van der Waals surface area (Å²) in [6, 6.07) is 7.14. The van der Waals surface area contributed by atoms with Crippen molar-refractivity contribution in [2.24, 2.45) is 11.7 Å². The minimum atomic E-state index is -0.472. The zero-order valence-electron chi connectivity index (χ0n) is 13.3. The predicted molar refractivity (Wildman–Crippen MR) is 90.4 cm³/mol. The van der Waals surface area contributed by atoms with E-state index in [9.17, 15) is 9.59 Å². The van der Waals surface area contributed by atoms with E-state index in [1.165, 1.54) is 0 Å². The van der Waals surface area contributed by atoms with E-state index in [1.807, 2.05) is 19.9 Å². The monoisotopic (exact) mass is 325 g/mol. The Morgan fingerprint density at radius 3 is 2.45 bits per heavy atom. The highest BCUT2D eigenvalue weighted by atomic mass is 35.5. The lowest BCUT2D eigenvalue weighted by Crippen LogP contribution is -2.45. The van der Waals surface area contributed by atoms with Crippen molar-refractivity contribution >= 4 is 29.9 Å². The fourth-order valence-electron chi connectivity index (χ4n) is 2.08. The lowest BCUT2D eigenvalue weighted by molar-refractivity contribution is -0.119. The van der Waals surface area contributed by atoms with Crippen molar-refractivity contribution in [2.45, 2.75) is 32.2 Å². The molecule has 0 aliphatic heterocycles. The van der Waals surface area contributed by atoms with Crippen molar-refractivity contribution in [3.05, 3.63) is 29.8 Å². The molecule has 5 nitrogen and oxygen atoms in total. The van der Waals surface area contributed by atoms with Crippen molar-refractivity contribution in [1.29, 1.82) is 0 Å². The topological polar surface area (TPSA) is 75.4 Å². The molecule has 3 N–H and O–H groups in total. The summed E-state index contributed by atoms with van der Waals surface area (Å²) in [7, 11) is 1.72. The van der Waals surface area contributed by atoms with E-state index < -0.39 is 5.54 Å². The number of nitrogens with two attached hydrogens (primary N) is 1. The molecule has 0 aromatic heterocycles. The number of nitrogens with zero attached hydrogens (tertiary/aromatic N) is 1. The smallest absolute Gasteiger partial charge is 0.253 e. The van der Waals surface area contributed by atoms with E-state index in [1.54, 1.807) is 30.1 Å². The van der Waals surface area contributed by atoms with Gasteiger partial charge in [0.15, 0.2) is 0 Å². The zero-order chi connectivity index (χ0) is 15.6. The Kier molecular flexibility index (Phi) is 5.97. The molecule has 0 radical (unpaired) electrons. The van der Waals surface area contributed by atoms with Gasteiger partial charge >= 0.3 is 0 Å². The Morgan fingerprint density at radius 1 is 1.32 bits per heavy atom. The summed E-state index contributed by atoms with van der Waals surface area (Å²) in [5, 5.41) is 2.82. The SMILES string of the molecule is CN(C(=O)C1CC1)c1ccccc1C(=O)NCC(C)(C)N.Cl. The molecule has 1 saturated carbocycles. The fraction of sp³-hybridized carbons (Fsp3) is 0.500. The number of carbonyl (C=O) groups is 2. The van der Waals surface area contributed by atoms with Gasteiger partial charge in [0.05, 0.1) is 11.3 Å². The normalized spacial score (nSPS) is 14.0. The van der Waals surface area contributed by atoms with Crippen molar-refractivity contribution in [1.82, 2.24) is 5.32 Å². The van der Waals surface area contributed by atoms with Gasteiger partial charge in [-0.1, -0.05) is 12.1 Å². The number of amides is 2. The number of anilines is 1. The minimum Gasteiger partial charge on any atom is -0.350 e. The van der Waals surface area contributed by atoms with Crippen LogP contribution < -0.4 is 16.0 Å². The molecule has 1 aromatic rings. The highest BCUT2D eigenvalue weighted by Crippen LogP contribution is 2.33. The lowest BCUT2D eigenvalue weighted by atomic mass is 10.1. The van der Waals surface area contributed by atoms with E-state index >= 15 is 0 Å². The third kappa shape index (κ3) is 4.71. The molecule has 22 heavy (non-hydrogen) atoms. The molecule has 122 valence electrons.